The highest BCUT2D eigenvalue weighted by atomic mass is 16.5. The summed E-state index contributed by atoms with van der Waals surface area (Å²) in [5.41, 5.74) is 0. The zero-order chi connectivity index (χ0) is 14.8. The van der Waals surface area contributed by atoms with Crippen molar-refractivity contribution in [2.45, 2.75) is 45.7 Å². The highest BCUT2D eigenvalue weighted by Gasteiger charge is 2.07. The van der Waals surface area contributed by atoms with E-state index >= 15 is 0 Å². The van der Waals surface area contributed by atoms with Gasteiger partial charge in [0.1, 0.15) is 5.76 Å². The summed E-state index contributed by atoms with van der Waals surface area (Å²) in [7, 11) is 1.70. The SMILES string of the molecule is CCC(C)NC(=NCCc1ccco1)NC(C)COC. The number of hydrogen-bond donors (Lipinski definition) is 2. The van der Waals surface area contributed by atoms with Crippen LogP contribution < -0.4 is 10.6 Å². The van der Waals surface area contributed by atoms with E-state index in [0.717, 1.165) is 24.6 Å². The van der Waals surface area contributed by atoms with Gasteiger partial charge in [-0.2, -0.15) is 0 Å². The topological polar surface area (TPSA) is 58.8 Å². The molecule has 0 radical (unpaired) electrons. The van der Waals surface area contributed by atoms with E-state index in [4.69, 9.17) is 9.15 Å². The van der Waals surface area contributed by atoms with E-state index in [1.54, 1.807) is 13.4 Å². The molecule has 0 aliphatic heterocycles. The number of rotatable bonds is 8. The fourth-order valence-electron chi connectivity index (χ4n) is 1.73. The highest BCUT2D eigenvalue weighted by Crippen LogP contribution is 2.00. The molecule has 0 aromatic carbocycles. The normalized spacial score (nSPS) is 14.9. The summed E-state index contributed by atoms with van der Waals surface area (Å²) < 4.78 is 10.4. The van der Waals surface area contributed by atoms with Crippen molar-refractivity contribution in [3.63, 3.8) is 0 Å². The Morgan fingerprint density at radius 1 is 1.35 bits per heavy atom. The lowest BCUT2D eigenvalue weighted by atomic mass is 10.2. The quantitative estimate of drug-likeness (QED) is 0.566. The zero-order valence-electron chi connectivity index (χ0n) is 13.0. The van der Waals surface area contributed by atoms with Gasteiger partial charge >= 0.3 is 0 Å². The van der Waals surface area contributed by atoms with Gasteiger partial charge in [0.05, 0.1) is 12.9 Å². The third kappa shape index (κ3) is 6.61. The molecule has 5 nitrogen and oxygen atoms in total. The van der Waals surface area contributed by atoms with Gasteiger partial charge in [-0.15, -0.1) is 0 Å². The molecule has 5 heteroatoms. The molecule has 2 atom stereocenters. The van der Waals surface area contributed by atoms with E-state index in [9.17, 15) is 0 Å². The second-order valence-corrected chi connectivity index (χ2v) is 5.01. The first-order valence-electron chi connectivity index (χ1n) is 7.24. The molecule has 0 amide bonds. The van der Waals surface area contributed by atoms with Gasteiger partial charge in [-0.25, -0.2) is 0 Å². The first kappa shape index (κ1) is 16.6. The van der Waals surface area contributed by atoms with Crippen LogP contribution in [0.25, 0.3) is 0 Å². The third-order valence-electron chi connectivity index (χ3n) is 3.00. The number of furan rings is 1. The number of guanidine groups is 1. The molecule has 0 saturated heterocycles. The van der Waals surface area contributed by atoms with Crippen molar-refractivity contribution < 1.29 is 9.15 Å². The minimum atomic E-state index is 0.221. The summed E-state index contributed by atoms with van der Waals surface area (Å²) in [4.78, 5) is 4.59. The molecule has 1 aromatic heterocycles. The smallest absolute Gasteiger partial charge is 0.191 e. The molecule has 0 spiro atoms. The van der Waals surface area contributed by atoms with Crippen molar-refractivity contribution in [1.82, 2.24) is 10.6 Å². The highest BCUT2D eigenvalue weighted by molar-refractivity contribution is 5.80. The van der Waals surface area contributed by atoms with Crippen molar-refractivity contribution in [2.75, 3.05) is 20.3 Å². The third-order valence-corrected chi connectivity index (χ3v) is 3.00. The first-order chi connectivity index (χ1) is 9.65. The van der Waals surface area contributed by atoms with E-state index in [1.165, 1.54) is 0 Å². The summed E-state index contributed by atoms with van der Waals surface area (Å²) in [5, 5.41) is 6.74. The van der Waals surface area contributed by atoms with E-state index in [0.29, 0.717) is 19.2 Å². The van der Waals surface area contributed by atoms with Crippen LogP contribution in [0.5, 0.6) is 0 Å². The van der Waals surface area contributed by atoms with Crippen LogP contribution in [0, 0.1) is 0 Å². The zero-order valence-corrected chi connectivity index (χ0v) is 13.0. The molecule has 0 fully saturated rings. The average Bonchev–Trinajstić information content (AvgIpc) is 2.91. The summed E-state index contributed by atoms with van der Waals surface area (Å²) in [6.07, 6.45) is 3.55. The van der Waals surface area contributed by atoms with Crippen LogP contribution in [0.15, 0.2) is 27.8 Å². The predicted octanol–water partition coefficient (Wildman–Crippen LogP) is 2.19. The molecule has 1 heterocycles. The first-order valence-corrected chi connectivity index (χ1v) is 7.24. The molecular weight excluding hydrogens is 254 g/mol. The largest absolute Gasteiger partial charge is 0.469 e. The Kier molecular flexibility index (Phi) is 7.80. The van der Waals surface area contributed by atoms with Crippen molar-refractivity contribution in [1.29, 1.82) is 0 Å². The van der Waals surface area contributed by atoms with Crippen molar-refractivity contribution in [3.8, 4) is 0 Å². The Balaban J connectivity index is 2.50. The van der Waals surface area contributed by atoms with E-state index in [-0.39, 0.29) is 6.04 Å². The van der Waals surface area contributed by atoms with Gasteiger partial charge in [0.2, 0.25) is 0 Å². The fourth-order valence-corrected chi connectivity index (χ4v) is 1.73. The minimum absolute atomic E-state index is 0.221. The molecule has 0 saturated carbocycles. The molecule has 0 aliphatic carbocycles. The van der Waals surface area contributed by atoms with Gasteiger partial charge in [0, 0.05) is 32.2 Å². The standard InChI is InChI=1S/C15H27N3O2/c1-5-12(2)17-15(18-13(3)11-19-4)16-9-8-14-7-6-10-20-14/h6-7,10,12-13H,5,8-9,11H2,1-4H3,(H2,16,17,18). The second-order valence-electron chi connectivity index (χ2n) is 5.01. The molecule has 2 unspecified atom stereocenters. The molecule has 114 valence electrons. The molecule has 20 heavy (non-hydrogen) atoms. The Hall–Kier alpha value is -1.49. The van der Waals surface area contributed by atoms with Crippen LogP contribution in [0.4, 0.5) is 0 Å². The lowest BCUT2D eigenvalue weighted by Crippen LogP contribution is -2.47. The minimum Gasteiger partial charge on any atom is -0.469 e. The molecular formula is C15H27N3O2. The summed E-state index contributed by atoms with van der Waals surface area (Å²) >= 11 is 0. The summed E-state index contributed by atoms with van der Waals surface area (Å²) in [6.45, 7) is 7.71. The molecule has 0 bridgehead atoms. The fraction of sp³-hybridized carbons (Fsp3) is 0.667. The van der Waals surface area contributed by atoms with Gasteiger partial charge in [-0.05, 0) is 32.4 Å². The van der Waals surface area contributed by atoms with E-state index in [2.05, 4.69) is 36.4 Å². The molecule has 1 aromatic rings. The van der Waals surface area contributed by atoms with E-state index < -0.39 is 0 Å². The van der Waals surface area contributed by atoms with Gasteiger partial charge in [-0.3, -0.25) is 4.99 Å². The maximum atomic E-state index is 5.31. The van der Waals surface area contributed by atoms with Crippen molar-refractivity contribution in [3.05, 3.63) is 24.2 Å². The molecule has 0 aliphatic rings. The van der Waals surface area contributed by atoms with Crippen LogP contribution in [-0.2, 0) is 11.2 Å². The average molecular weight is 281 g/mol. The van der Waals surface area contributed by atoms with Crippen LogP contribution in [0.1, 0.15) is 33.0 Å². The van der Waals surface area contributed by atoms with Crippen molar-refractivity contribution in [2.24, 2.45) is 4.99 Å². The number of nitrogens with zero attached hydrogens (tertiary/aromatic N) is 1. The summed E-state index contributed by atoms with van der Waals surface area (Å²) in [6, 6.07) is 4.48. The maximum absolute atomic E-state index is 5.31. The van der Waals surface area contributed by atoms with Crippen LogP contribution in [-0.4, -0.2) is 38.3 Å². The monoisotopic (exact) mass is 281 g/mol. The van der Waals surface area contributed by atoms with Crippen LogP contribution >= 0.6 is 0 Å². The number of methoxy groups -OCH3 is 1. The Labute approximate surface area is 121 Å². The predicted molar refractivity (Wildman–Crippen MR) is 82.1 cm³/mol. The lowest BCUT2D eigenvalue weighted by molar-refractivity contribution is 0.179. The number of nitrogens with one attached hydrogen (secondary N) is 2. The number of ether oxygens (including phenoxy) is 1. The number of aliphatic imine (C=N–C) groups is 1. The van der Waals surface area contributed by atoms with Gasteiger partial charge in [0.15, 0.2) is 5.96 Å². The maximum Gasteiger partial charge on any atom is 0.191 e. The van der Waals surface area contributed by atoms with Crippen LogP contribution in [0.3, 0.4) is 0 Å². The summed E-state index contributed by atoms with van der Waals surface area (Å²) in [5.74, 6) is 1.79. The number of hydrogen-bond acceptors (Lipinski definition) is 3. The van der Waals surface area contributed by atoms with Gasteiger partial charge in [-0.1, -0.05) is 6.92 Å². The van der Waals surface area contributed by atoms with Crippen molar-refractivity contribution >= 4 is 5.96 Å². The lowest BCUT2D eigenvalue weighted by Gasteiger charge is -2.20. The van der Waals surface area contributed by atoms with Gasteiger partial charge < -0.3 is 19.8 Å². The van der Waals surface area contributed by atoms with Crippen LogP contribution in [0.2, 0.25) is 0 Å². The Morgan fingerprint density at radius 3 is 2.70 bits per heavy atom. The molecule has 1 rings (SSSR count). The Bertz CT molecular complexity index is 376. The Morgan fingerprint density at radius 2 is 2.10 bits per heavy atom. The van der Waals surface area contributed by atoms with E-state index in [1.807, 2.05) is 12.1 Å². The molecule has 2 N–H and O–H groups in total. The second kappa shape index (κ2) is 9.42. The van der Waals surface area contributed by atoms with Gasteiger partial charge in [0.25, 0.3) is 0 Å².